The van der Waals surface area contributed by atoms with Gasteiger partial charge in [0.1, 0.15) is 0 Å². The smallest absolute Gasteiger partial charge is 0.234 e. The summed E-state index contributed by atoms with van der Waals surface area (Å²) in [4.78, 5) is 15.5. The predicted octanol–water partition coefficient (Wildman–Crippen LogP) is 2.63. The van der Waals surface area contributed by atoms with Crippen LogP contribution in [0.5, 0.6) is 0 Å². The molecule has 1 fully saturated rings. The highest BCUT2D eigenvalue weighted by Gasteiger charge is 2.30. The van der Waals surface area contributed by atoms with Crippen molar-refractivity contribution in [2.75, 3.05) is 13.1 Å². The first-order valence-electron chi connectivity index (χ1n) is 6.82. The molecule has 1 N–H and O–H groups in total. The number of nitrogens with zero attached hydrogens (tertiary/aromatic N) is 1. The minimum atomic E-state index is 0.173. The van der Waals surface area contributed by atoms with E-state index in [4.69, 9.17) is 0 Å². The number of carbonyl (C=O) groups excluding carboxylic acids is 1. The molecule has 18 heavy (non-hydrogen) atoms. The van der Waals surface area contributed by atoms with E-state index in [0.717, 1.165) is 25.9 Å². The molecule has 1 aliphatic carbocycles. The standard InChI is InChI=1S/C14H22N2OS/c1-2-3-8-15-14(17)11-16(12-6-7-12)10-13-5-4-9-18-13/h4-5,9,12H,2-3,6-8,10-11H2,1H3,(H,15,17). The van der Waals surface area contributed by atoms with E-state index in [-0.39, 0.29) is 5.91 Å². The largest absolute Gasteiger partial charge is 0.355 e. The molecule has 1 aromatic heterocycles. The van der Waals surface area contributed by atoms with Crippen LogP contribution in [0.15, 0.2) is 17.5 Å². The molecule has 3 nitrogen and oxygen atoms in total. The number of rotatable bonds is 8. The van der Waals surface area contributed by atoms with Gasteiger partial charge in [0.15, 0.2) is 0 Å². The number of unbranched alkanes of at least 4 members (excludes halogenated alkanes) is 1. The van der Waals surface area contributed by atoms with Gasteiger partial charge in [0, 0.05) is 24.0 Å². The van der Waals surface area contributed by atoms with E-state index >= 15 is 0 Å². The maximum Gasteiger partial charge on any atom is 0.234 e. The first-order chi connectivity index (χ1) is 8.79. The number of hydrogen-bond acceptors (Lipinski definition) is 3. The topological polar surface area (TPSA) is 32.3 Å². The van der Waals surface area contributed by atoms with Crippen molar-refractivity contribution in [1.29, 1.82) is 0 Å². The third-order valence-electron chi connectivity index (χ3n) is 3.20. The highest BCUT2D eigenvalue weighted by molar-refractivity contribution is 7.09. The van der Waals surface area contributed by atoms with Crippen LogP contribution in [0.1, 0.15) is 37.5 Å². The fourth-order valence-electron chi connectivity index (χ4n) is 2.00. The normalized spacial score (nSPS) is 15.0. The summed E-state index contributed by atoms with van der Waals surface area (Å²) in [7, 11) is 0. The van der Waals surface area contributed by atoms with Crippen LogP contribution in [0, 0.1) is 0 Å². The van der Waals surface area contributed by atoms with Crippen LogP contribution in [0.2, 0.25) is 0 Å². The van der Waals surface area contributed by atoms with Crippen LogP contribution < -0.4 is 5.32 Å². The Morgan fingerprint density at radius 1 is 1.56 bits per heavy atom. The van der Waals surface area contributed by atoms with Crippen molar-refractivity contribution in [3.05, 3.63) is 22.4 Å². The molecule has 0 aromatic carbocycles. The van der Waals surface area contributed by atoms with Gasteiger partial charge in [0.05, 0.1) is 6.54 Å². The molecule has 0 spiro atoms. The van der Waals surface area contributed by atoms with Gasteiger partial charge < -0.3 is 5.32 Å². The molecule has 1 amide bonds. The minimum absolute atomic E-state index is 0.173. The number of hydrogen-bond donors (Lipinski definition) is 1. The summed E-state index contributed by atoms with van der Waals surface area (Å²) in [5, 5.41) is 5.10. The molecular formula is C14H22N2OS. The lowest BCUT2D eigenvalue weighted by Gasteiger charge is -2.20. The lowest BCUT2D eigenvalue weighted by molar-refractivity contribution is -0.122. The third-order valence-corrected chi connectivity index (χ3v) is 4.06. The van der Waals surface area contributed by atoms with Gasteiger partial charge in [0.2, 0.25) is 5.91 Å². The maximum atomic E-state index is 11.8. The van der Waals surface area contributed by atoms with E-state index in [1.54, 1.807) is 11.3 Å². The molecule has 0 bridgehead atoms. The highest BCUT2D eigenvalue weighted by atomic mass is 32.1. The number of nitrogens with one attached hydrogen (secondary N) is 1. The van der Waals surface area contributed by atoms with E-state index in [9.17, 15) is 4.79 Å². The van der Waals surface area contributed by atoms with Crippen molar-refractivity contribution >= 4 is 17.2 Å². The Morgan fingerprint density at radius 3 is 3.00 bits per heavy atom. The van der Waals surface area contributed by atoms with Gasteiger partial charge in [-0.2, -0.15) is 0 Å². The van der Waals surface area contributed by atoms with Gasteiger partial charge in [-0.25, -0.2) is 0 Å². The Morgan fingerprint density at radius 2 is 2.39 bits per heavy atom. The molecule has 0 aliphatic heterocycles. The van der Waals surface area contributed by atoms with Crippen molar-refractivity contribution in [1.82, 2.24) is 10.2 Å². The number of thiophene rings is 1. The van der Waals surface area contributed by atoms with Gasteiger partial charge in [-0.05, 0) is 30.7 Å². The van der Waals surface area contributed by atoms with Crippen LogP contribution in [-0.4, -0.2) is 29.9 Å². The summed E-state index contributed by atoms with van der Waals surface area (Å²) in [5.41, 5.74) is 0. The SMILES string of the molecule is CCCCNC(=O)CN(Cc1cccs1)C1CC1. The molecular weight excluding hydrogens is 244 g/mol. The Hall–Kier alpha value is -0.870. The fraction of sp³-hybridized carbons (Fsp3) is 0.643. The van der Waals surface area contributed by atoms with E-state index in [2.05, 4.69) is 34.7 Å². The van der Waals surface area contributed by atoms with Gasteiger partial charge in [-0.3, -0.25) is 9.69 Å². The molecule has 4 heteroatoms. The summed E-state index contributed by atoms with van der Waals surface area (Å²) in [5.74, 6) is 0.173. The second kappa shape index (κ2) is 6.90. The monoisotopic (exact) mass is 266 g/mol. The Kier molecular flexibility index (Phi) is 5.20. The molecule has 0 atom stereocenters. The van der Waals surface area contributed by atoms with Crippen molar-refractivity contribution in [2.45, 2.75) is 45.2 Å². The Labute approximate surface area is 113 Å². The lowest BCUT2D eigenvalue weighted by atomic mass is 10.3. The predicted molar refractivity (Wildman–Crippen MR) is 75.7 cm³/mol. The zero-order valence-corrected chi connectivity index (χ0v) is 11.8. The third kappa shape index (κ3) is 4.42. The molecule has 2 rings (SSSR count). The summed E-state index contributed by atoms with van der Waals surface area (Å²) < 4.78 is 0. The molecule has 0 unspecified atom stereocenters. The first-order valence-corrected chi connectivity index (χ1v) is 7.70. The maximum absolute atomic E-state index is 11.8. The van der Waals surface area contributed by atoms with Crippen molar-refractivity contribution in [3.8, 4) is 0 Å². The quantitative estimate of drug-likeness (QED) is 0.734. The lowest BCUT2D eigenvalue weighted by Crippen LogP contribution is -2.38. The van der Waals surface area contributed by atoms with E-state index < -0.39 is 0 Å². The van der Waals surface area contributed by atoms with Gasteiger partial charge in [-0.1, -0.05) is 19.4 Å². The van der Waals surface area contributed by atoms with Gasteiger partial charge in [-0.15, -0.1) is 11.3 Å². The molecule has 1 heterocycles. The van der Waals surface area contributed by atoms with Gasteiger partial charge in [0.25, 0.3) is 0 Å². The van der Waals surface area contributed by atoms with Crippen LogP contribution >= 0.6 is 11.3 Å². The zero-order chi connectivity index (χ0) is 12.8. The van der Waals surface area contributed by atoms with Gasteiger partial charge >= 0.3 is 0 Å². The first kappa shape index (κ1) is 13.6. The van der Waals surface area contributed by atoms with Crippen molar-refractivity contribution < 1.29 is 4.79 Å². The van der Waals surface area contributed by atoms with E-state index in [1.807, 2.05) is 0 Å². The molecule has 0 radical (unpaired) electrons. The molecule has 1 saturated carbocycles. The molecule has 1 aromatic rings. The van der Waals surface area contributed by atoms with Crippen LogP contribution in [0.4, 0.5) is 0 Å². The highest BCUT2D eigenvalue weighted by Crippen LogP contribution is 2.28. The molecule has 1 aliphatic rings. The molecule has 0 saturated heterocycles. The summed E-state index contributed by atoms with van der Waals surface area (Å²) in [6.45, 7) is 4.42. The summed E-state index contributed by atoms with van der Waals surface area (Å²) >= 11 is 1.77. The van der Waals surface area contributed by atoms with Crippen LogP contribution in [0.25, 0.3) is 0 Å². The fourth-order valence-corrected chi connectivity index (χ4v) is 2.73. The second-order valence-electron chi connectivity index (χ2n) is 4.92. The van der Waals surface area contributed by atoms with E-state index in [0.29, 0.717) is 12.6 Å². The minimum Gasteiger partial charge on any atom is -0.355 e. The Balaban J connectivity index is 1.77. The average molecular weight is 266 g/mol. The number of amides is 1. The van der Waals surface area contributed by atoms with E-state index in [1.165, 1.54) is 17.7 Å². The summed E-state index contributed by atoms with van der Waals surface area (Å²) in [6.07, 6.45) is 4.68. The van der Waals surface area contributed by atoms with Crippen molar-refractivity contribution in [3.63, 3.8) is 0 Å². The summed E-state index contributed by atoms with van der Waals surface area (Å²) in [6, 6.07) is 4.85. The van der Waals surface area contributed by atoms with Crippen LogP contribution in [-0.2, 0) is 11.3 Å². The second-order valence-corrected chi connectivity index (χ2v) is 5.95. The Bertz CT molecular complexity index is 360. The zero-order valence-electron chi connectivity index (χ0n) is 11.0. The van der Waals surface area contributed by atoms with Crippen LogP contribution in [0.3, 0.4) is 0 Å². The number of carbonyl (C=O) groups is 1. The molecule has 100 valence electrons. The average Bonchev–Trinajstić information content (AvgIpc) is 3.08. The van der Waals surface area contributed by atoms with Crippen molar-refractivity contribution in [2.24, 2.45) is 0 Å².